The van der Waals surface area contributed by atoms with Crippen molar-refractivity contribution in [3.8, 4) is 0 Å². The van der Waals surface area contributed by atoms with Crippen molar-refractivity contribution in [1.82, 2.24) is 4.31 Å². The summed E-state index contributed by atoms with van der Waals surface area (Å²) in [4.78, 5) is 0. The minimum atomic E-state index is 0.237. The summed E-state index contributed by atoms with van der Waals surface area (Å²) in [6.45, 7) is 1.15. The zero-order valence-corrected chi connectivity index (χ0v) is 5.91. The van der Waals surface area contributed by atoms with E-state index in [0.717, 1.165) is 6.54 Å². The molecule has 0 amide bonds. The van der Waals surface area contributed by atoms with Crippen LogP contribution in [0.2, 0.25) is 0 Å². The Bertz CT molecular complexity index is 101. The average molecular weight is 130 g/mol. The van der Waals surface area contributed by atoms with Gasteiger partial charge in [-0.25, -0.2) is 0 Å². The molecule has 0 N–H and O–H groups in total. The Morgan fingerprint density at radius 3 is 2.62 bits per heavy atom. The molecule has 0 aliphatic carbocycles. The summed E-state index contributed by atoms with van der Waals surface area (Å²) in [5.74, 6) is 5.22. The van der Waals surface area contributed by atoms with E-state index < -0.39 is 0 Å². The van der Waals surface area contributed by atoms with Crippen LogP contribution in [0.1, 0.15) is 12.8 Å². The molecule has 1 fully saturated rings. The summed E-state index contributed by atoms with van der Waals surface area (Å²) in [6, 6.07) is 0. The molecule has 0 aromatic heterocycles. The standard InChI is InChI=1S/C6H12NS/c1-7-5-3-4-6-8(7)2/h1-6H2/q-1. The van der Waals surface area contributed by atoms with E-state index >= 15 is 0 Å². The van der Waals surface area contributed by atoms with Crippen LogP contribution in [-0.4, -0.2) is 22.5 Å². The van der Waals surface area contributed by atoms with Crippen LogP contribution in [-0.2, 0) is 0 Å². The number of rotatable bonds is 0. The molecule has 0 aromatic rings. The van der Waals surface area contributed by atoms with Gasteiger partial charge in [-0.1, -0.05) is 5.87 Å². The van der Waals surface area contributed by atoms with Crippen LogP contribution in [0.15, 0.2) is 0 Å². The predicted molar refractivity (Wildman–Crippen MR) is 40.9 cm³/mol. The van der Waals surface area contributed by atoms with E-state index in [0.29, 0.717) is 0 Å². The molecule has 1 atom stereocenters. The highest BCUT2D eigenvalue weighted by Gasteiger charge is 2.01. The van der Waals surface area contributed by atoms with Crippen LogP contribution in [0.25, 0.3) is 0 Å². The molecule has 48 valence electrons. The maximum Gasteiger partial charge on any atom is -0.00116 e. The molecule has 2 heteroatoms. The molecule has 0 aromatic carbocycles. The molecule has 8 heavy (non-hydrogen) atoms. The molecule has 1 unspecified atom stereocenters. The lowest BCUT2D eigenvalue weighted by Crippen LogP contribution is -2.16. The van der Waals surface area contributed by atoms with Gasteiger partial charge in [-0.15, -0.1) is 0 Å². The van der Waals surface area contributed by atoms with Gasteiger partial charge in [0.15, 0.2) is 0 Å². The van der Waals surface area contributed by atoms with E-state index in [9.17, 15) is 0 Å². The normalized spacial score (nSPS) is 32.9. The minimum absolute atomic E-state index is 0.237. The molecule has 1 aliphatic heterocycles. The summed E-state index contributed by atoms with van der Waals surface area (Å²) in [5.41, 5.74) is 0. The first kappa shape index (κ1) is 6.30. The van der Waals surface area contributed by atoms with Gasteiger partial charge in [0.25, 0.3) is 0 Å². The second-order valence-electron chi connectivity index (χ2n) is 2.08. The summed E-state index contributed by atoms with van der Waals surface area (Å²) in [7, 11) is 4.10. The monoisotopic (exact) mass is 130 g/mol. The molecule has 0 radical (unpaired) electrons. The molecular formula is C6H12NS-. The second kappa shape index (κ2) is 2.65. The van der Waals surface area contributed by atoms with Gasteiger partial charge in [0.1, 0.15) is 0 Å². The second-order valence-corrected chi connectivity index (χ2v) is 3.93. The topological polar surface area (TPSA) is 3.24 Å². The maximum atomic E-state index is 3.97. The Labute approximate surface area is 53.7 Å². The summed E-state index contributed by atoms with van der Waals surface area (Å²) in [5, 5.41) is 0. The van der Waals surface area contributed by atoms with Gasteiger partial charge in [0.05, 0.1) is 0 Å². The van der Waals surface area contributed by atoms with Gasteiger partial charge >= 0.3 is 0 Å². The van der Waals surface area contributed by atoms with E-state index in [2.05, 4.69) is 17.2 Å². The average Bonchev–Trinajstić information content (AvgIpc) is 1.77. The van der Waals surface area contributed by atoms with E-state index in [1.54, 1.807) is 0 Å². The molecule has 1 saturated heterocycles. The Morgan fingerprint density at radius 2 is 2.25 bits per heavy atom. The molecular weight excluding hydrogens is 118 g/mol. The summed E-state index contributed by atoms with van der Waals surface area (Å²) < 4.78 is 2.10. The Hall–Kier alpha value is 0.180. The SMILES string of the molecule is C=S1CCCCN1[CH2-]. The van der Waals surface area contributed by atoms with Crippen molar-refractivity contribution >= 4 is 16.5 Å². The highest BCUT2D eigenvalue weighted by molar-refractivity contribution is 8.12. The highest BCUT2D eigenvalue weighted by Crippen LogP contribution is 2.23. The fraction of sp³-hybridized carbons (Fsp3) is 0.667. The minimum Gasteiger partial charge on any atom is -0.410 e. The van der Waals surface area contributed by atoms with Crippen molar-refractivity contribution in [2.45, 2.75) is 12.8 Å². The van der Waals surface area contributed by atoms with Crippen LogP contribution in [0.4, 0.5) is 0 Å². The molecule has 0 bridgehead atoms. The number of nitrogens with zero attached hydrogens (tertiary/aromatic N) is 1. The van der Waals surface area contributed by atoms with Crippen molar-refractivity contribution in [2.75, 3.05) is 12.3 Å². The van der Waals surface area contributed by atoms with Crippen molar-refractivity contribution in [3.05, 3.63) is 7.05 Å². The quantitative estimate of drug-likeness (QED) is 0.355. The summed E-state index contributed by atoms with van der Waals surface area (Å²) >= 11 is 0. The third-order valence-corrected chi connectivity index (χ3v) is 3.08. The number of hydrogen-bond donors (Lipinski definition) is 0. The first-order chi connectivity index (χ1) is 3.80. The van der Waals surface area contributed by atoms with Gasteiger partial charge in [0, 0.05) is 0 Å². The van der Waals surface area contributed by atoms with Crippen LogP contribution in [0.5, 0.6) is 0 Å². The fourth-order valence-corrected chi connectivity index (χ4v) is 2.00. The smallest absolute Gasteiger partial charge is 0.00116 e. The first-order valence-electron chi connectivity index (χ1n) is 2.89. The van der Waals surface area contributed by atoms with E-state index in [-0.39, 0.29) is 10.7 Å². The van der Waals surface area contributed by atoms with E-state index in [4.69, 9.17) is 0 Å². The molecule has 1 rings (SSSR count). The largest absolute Gasteiger partial charge is 0.410 e. The van der Waals surface area contributed by atoms with Crippen LogP contribution < -0.4 is 0 Å². The predicted octanol–water partition coefficient (Wildman–Crippen LogP) is 1.49. The lowest BCUT2D eigenvalue weighted by molar-refractivity contribution is 0.550. The lowest BCUT2D eigenvalue weighted by Gasteiger charge is -2.32. The van der Waals surface area contributed by atoms with Crippen molar-refractivity contribution in [2.24, 2.45) is 0 Å². The van der Waals surface area contributed by atoms with Crippen LogP contribution in [0, 0.1) is 7.05 Å². The Morgan fingerprint density at radius 1 is 1.50 bits per heavy atom. The molecule has 1 nitrogen and oxygen atoms in total. The Kier molecular flexibility index (Phi) is 2.08. The van der Waals surface area contributed by atoms with E-state index in [1.807, 2.05) is 0 Å². The maximum absolute atomic E-state index is 3.97. The van der Waals surface area contributed by atoms with Crippen LogP contribution >= 0.6 is 10.7 Å². The Balaban J connectivity index is 2.39. The van der Waals surface area contributed by atoms with Crippen molar-refractivity contribution in [3.63, 3.8) is 0 Å². The van der Waals surface area contributed by atoms with Crippen LogP contribution in [0.3, 0.4) is 0 Å². The molecule has 0 spiro atoms. The van der Waals surface area contributed by atoms with Gasteiger partial charge in [0.2, 0.25) is 0 Å². The zero-order valence-electron chi connectivity index (χ0n) is 5.10. The third kappa shape index (κ3) is 1.33. The van der Waals surface area contributed by atoms with Gasteiger partial charge in [-0.2, -0.15) is 10.7 Å². The van der Waals surface area contributed by atoms with Gasteiger partial charge in [-0.3, -0.25) is 7.05 Å². The van der Waals surface area contributed by atoms with E-state index in [1.165, 1.54) is 18.6 Å². The zero-order chi connectivity index (χ0) is 5.98. The summed E-state index contributed by atoms with van der Waals surface area (Å²) in [6.07, 6.45) is 2.65. The molecule has 0 saturated carbocycles. The van der Waals surface area contributed by atoms with Gasteiger partial charge in [-0.05, 0) is 25.1 Å². The third-order valence-electron chi connectivity index (χ3n) is 1.40. The van der Waals surface area contributed by atoms with Crippen molar-refractivity contribution < 1.29 is 0 Å². The first-order valence-corrected chi connectivity index (χ1v) is 4.41. The molecule has 1 aliphatic rings. The molecule has 1 heterocycles. The van der Waals surface area contributed by atoms with Crippen molar-refractivity contribution in [1.29, 1.82) is 0 Å². The highest BCUT2D eigenvalue weighted by atomic mass is 32.2. The lowest BCUT2D eigenvalue weighted by atomic mass is 10.3. The number of hydrogen-bond acceptors (Lipinski definition) is 1. The van der Waals surface area contributed by atoms with Gasteiger partial charge < -0.3 is 4.31 Å². The fourth-order valence-electron chi connectivity index (χ4n) is 0.815.